The summed E-state index contributed by atoms with van der Waals surface area (Å²) in [5.41, 5.74) is 2.52. The minimum absolute atomic E-state index is 0.500. The zero-order valence-electron chi connectivity index (χ0n) is 14.5. The van der Waals surface area contributed by atoms with Gasteiger partial charge in [-0.25, -0.2) is 0 Å². The van der Waals surface area contributed by atoms with Crippen molar-refractivity contribution in [2.75, 3.05) is 28.4 Å². The molecule has 0 aliphatic rings. The van der Waals surface area contributed by atoms with Crippen molar-refractivity contribution in [2.24, 2.45) is 0 Å². The van der Waals surface area contributed by atoms with Crippen LogP contribution in [0, 0.1) is 0 Å². The average molecular weight is 341 g/mol. The molecule has 0 bridgehead atoms. The van der Waals surface area contributed by atoms with E-state index in [2.05, 4.69) is 5.16 Å². The summed E-state index contributed by atoms with van der Waals surface area (Å²) >= 11 is 0. The summed E-state index contributed by atoms with van der Waals surface area (Å²) in [4.78, 5) is 0. The fraction of sp³-hybridized carbons (Fsp3) is 0.211. The van der Waals surface area contributed by atoms with E-state index in [0.29, 0.717) is 23.0 Å². The molecule has 6 heteroatoms. The number of hydrogen-bond donors (Lipinski definition) is 0. The van der Waals surface area contributed by atoms with Crippen molar-refractivity contribution in [2.45, 2.75) is 0 Å². The monoisotopic (exact) mass is 341 g/mol. The maximum Gasteiger partial charge on any atom is 0.204 e. The summed E-state index contributed by atoms with van der Waals surface area (Å²) in [6, 6.07) is 11.3. The Hall–Kier alpha value is -3.15. The summed E-state index contributed by atoms with van der Waals surface area (Å²) in [6.07, 6.45) is 1.67. The topological polar surface area (TPSA) is 63.0 Å². The quantitative estimate of drug-likeness (QED) is 0.674. The van der Waals surface area contributed by atoms with Crippen LogP contribution in [-0.2, 0) is 0 Å². The number of rotatable bonds is 6. The van der Waals surface area contributed by atoms with Crippen LogP contribution in [0.1, 0.15) is 0 Å². The highest BCUT2D eigenvalue weighted by Crippen LogP contribution is 2.46. The molecule has 0 saturated heterocycles. The Morgan fingerprint density at radius 2 is 1.44 bits per heavy atom. The fourth-order valence-corrected chi connectivity index (χ4v) is 2.69. The molecule has 0 fully saturated rings. The summed E-state index contributed by atoms with van der Waals surface area (Å²) in [5.74, 6) is 2.97. The van der Waals surface area contributed by atoms with Crippen LogP contribution in [0.4, 0.5) is 0 Å². The van der Waals surface area contributed by atoms with Crippen molar-refractivity contribution in [1.82, 2.24) is 5.16 Å². The Morgan fingerprint density at radius 3 is 2.04 bits per heavy atom. The standard InChI is InChI=1S/C19H19NO5/c1-21-13-7-5-12(6-8-13)15-11-20-25-17(15)14-9-10-16(22-2)19(24-4)18(14)23-3/h5-11H,1-4H3. The number of aromatic nitrogens is 1. The average Bonchev–Trinajstić information content (AvgIpc) is 3.16. The van der Waals surface area contributed by atoms with E-state index in [1.54, 1.807) is 40.7 Å². The molecule has 0 amide bonds. The zero-order chi connectivity index (χ0) is 17.8. The van der Waals surface area contributed by atoms with E-state index in [-0.39, 0.29) is 0 Å². The van der Waals surface area contributed by atoms with Gasteiger partial charge in [0.05, 0.1) is 40.2 Å². The Morgan fingerprint density at radius 1 is 0.720 bits per heavy atom. The second kappa shape index (κ2) is 7.17. The van der Waals surface area contributed by atoms with Gasteiger partial charge in [0, 0.05) is 5.56 Å². The highest BCUT2D eigenvalue weighted by molar-refractivity contribution is 5.84. The van der Waals surface area contributed by atoms with Gasteiger partial charge in [-0.1, -0.05) is 17.3 Å². The third-order valence-corrected chi connectivity index (χ3v) is 3.92. The van der Waals surface area contributed by atoms with Crippen molar-refractivity contribution in [3.63, 3.8) is 0 Å². The number of benzene rings is 2. The molecule has 3 rings (SSSR count). The minimum Gasteiger partial charge on any atom is -0.497 e. The van der Waals surface area contributed by atoms with E-state index in [9.17, 15) is 0 Å². The second-order valence-corrected chi connectivity index (χ2v) is 5.18. The van der Waals surface area contributed by atoms with E-state index in [1.807, 2.05) is 30.3 Å². The number of hydrogen-bond acceptors (Lipinski definition) is 6. The summed E-state index contributed by atoms with van der Waals surface area (Å²) in [6.45, 7) is 0. The molecule has 25 heavy (non-hydrogen) atoms. The molecule has 0 saturated carbocycles. The molecule has 0 spiro atoms. The highest BCUT2D eigenvalue weighted by Gasteiger charge is 2.22. The third kappa shape index (κ3) is 2.98. The molecule has 0 atom stereocenters. The summed E-state index contributed by atoms with van der Waals surface area (Å²) < 4.78 is 27.0. The molecule has 0 aliphatic heterocycles. The van der Waals surface area contributed by atoms with E-state index in [4.69, 9.17) is 23.5 Å². The minimum atomic E-state index is 0.500. The van der Waals surface area contributed by atoms with Crippen molar-refractivity contribution in [3.8, 4) is 45.4 Å². The van der Waals surface area contributed by atoms with E-state index >= 15 is 0 Å². The van der Waals surface area contributed by atoms with Gasteiger partial charge in [0.15, 0.2) is 17.3 Å². The lowest BCUT2D eigenvalue weighted by Gasteiger charge is -2.15. The molecule has 3 aromatic rings. The summed E-state index contributed by atoms with van der Waals surface area (Å²) in [5, 5.41) is 3.96. The van der Waals surface area contributed by atoms with Gasteiger partial charge in [-0.2, -0.15) is 0 Å². The predicted octanol–water partition coefficient (Wildman–Crippen LogP) is 4.04. The zero-order valence-corrected chi connectivity index (χ0v) is 14.5. The van der Waals surface area contributed by atoms with Crippen molar-refractivity contribution in [3.05, 3.63) is 42.6 Å². The Bertz CT molecular complexity index is 855. The molecule has 1 heterocycles. The van der Waals surface area contributed by atoms with Crippen LogP contribution >= 0.6 is 0 Å². The number of methoxy groups -OCH3 is 4. The van der Waals surface area contributed by atoms with Gasteiger partial charge in [-0.05, 0) is 29.8 Å². The summed E-state index contributed by atoms with van der Waals surface area (Å²) in [7, 11) is 6.35. The van der Waals surface area contributed by atoms with E-state index < -0.39 is 0 Å². The normalized spacial score (nSPS) is 10.4. The van der Waals surface area contributed by atoms with E-state index in [0.717, 1.165) is 22.4 Å². The van der Waals surface area contributed by atoms with Crippen molar-refractivity contribution < 1.29 is 23.5 Å². The van der Waals surface area contributed by atoms with Crippen LogP contribution < -0.4 is 18.9 Å². The number of ether oxygens (including phenoxy) is 4. The lowest BCUT2D eigenvalue weighted by molar-refractivity contribution is 0.324. The largest absolute Gasteiger partial charge is 0.497 e. The Balaban J connectivity index is 2.13. The van der Waals surface area contributed by atoms with Crippen LogP contribution in [0.25, 0.3) is 22.5 Å². The van der Waals surface area contributed by atoms with Crippen LogP contribution in [0.3, 0.4) is 0 Å². The van der Waals surface area contributed by atoms with Crippen molar-refractivity contribution in [1.29, 1.82) is 0 Å². The van der Waals surface area contributed by atoms with Gasteiger partial charge < -0.3 is 23.5 Å². The van der Waals surface area contributed by atoms with Gasteiger partial charge in [0.2, 0.25) is 5.75 Å². The SMILES string of the molecule is COc1ccc(-c2cnoc2-c2ccc(OC)c(OC)c2OC)cc1. The van der Waals surface area contributed by atoms with E-state index in [1.165, 1.54) is 0 Å². The maximum atomic E-state index is 5.55. The highest BCUT2D eigenvalue weighted by atomic mass is 16.5. The van der Waals surface area contributed by atoms with Gasteiger partial charge in [0.25, 0.3) is 0 Å². The lowest BCUT2D eigenvalue weighted by Crippen LogP contribution is -1.97. The first-order valence-electron chi connectivity index (χ1n) is 7.62. The molecule has 0 N–H and O–H groups in total. The molecule has 2 aromatic carbocycles. The molecule has 1 aromatic heterocycles. The van der Waals surface area contributed by atoms with Crippen LogP contribution in [0.2, 0.25) is 0 Å². The molecule has 0 unspecified atom stereocenters. The smallest absolute Gasteiger partial charge is 0.204 e. The third-order valence-electron chi connectivity index (χ3n) is 3.92. The lowest BCUT2D eigenvalue weighted by atomic mass is 10.0. The molecular formula is C19H19NO5. The second-order valence-electron chi connectivity index (χ2n) is 5.18. The molecule has 0 radical (unpaired) electrons. The predicted molar refractivity (Wildman–Crippen MR) is 93.6 cm³/mol. The first-order chi connectivity index (χ1) is 12.2. The molecule has 0 aliphatic carbocycles. The van der Waals surface area contributed by atoms with Gasteiger partial charge in [0.1, 0.15) is 5.75 Å². The first-order valence-corrected chi connectivity index (χ1v) is 7.62. The van der Waals surface area contributed by atoms with Crippen LogP contribution in [-0.4, -0.2) is 33.6 Å². The van der Waals surface area contributed by atoms with Gasteiger partial charge >= 0.3 is 0 Å². The molecular weight excluding hydrogens is 322 g/mol. The Labute approximate surface area is 145 Å². The van der Waals surface area contributed by atoms with Crippen LogP contribution in [0.5, 0.6) is 23.0 Å². The van der Waals surface area contributed by atoms with Crippen molar-refractivity contribution >= 4 is 0 Å². The van der Waals surface area contributed by atoms with Gasteiger partial charge in [-0.15, -0.1) is 0 Å². The fourth-order valence-electron chi connectivity index (χ4n) is 2.69. The first kappa shape index (κ1) is 16.7. The maximum absolute atomic E-state index is 5.55. The Kier molecular flexibility index (Phi) is 4.79. The van der Waals surface area contributed by atoms with Gasteiger partial charge in [-0.3, -0.25) is 0 Å². The number of nitrogens with zero attached hydrogens (tertiary/aromatic N) is 1. The molecule has 6 nitrogen and oxygen atoms in total. The molecule has 130 valence electrons. The van der Waals surface area contributed by atoms with Crippen LogP contribution in [0.15, 0.2) is 47.1 Å².